The first-order valence-corrected chi connectivity index (χ1v) is 7.02. The molecule has 2 saturated carbocycles. The molecule has 0 spiro atoms. The molecule has 0 radical (unpaired) electrons. The van der Waals surface area contributed by atoms with Crippen LogP contribution in [-0.2, 0) is 0 Å². The van der Waals surface area contributed by atoms with E-state index in [1.165, 1.54) is 44.9 Å². The average Bonchev–Trinajstić information content (AvgIpc) is 3.14. The van der Waals surface area contributed by atoms with Crippen LogP contribution in [0.5, 0.6) is 0 Å². The number of nitrogens with one attached hydrogen (secondary N) is 1. The Hall–Kier alpha value is -0.770. The summed E-state index contributed by atoms with van der Waals surface area (Å²) in [5, 5.41) is 3.22. The Kier molecular flexibility index (Phi) is 4.66. The lowest BCUT2D eigenvalue weighted by Gasteiger charge is -2.30. The summed E-state index contributed by atoms with van der Waals surface area (Å²) in [6.07, 6.45) is 9.41. The predicted octanol–water partition coefficient (Wildman–Crippen LogP) is 1.32. The molecule has 2 aliphatic rings. The summed E-state index contributed by atoms with van der Waals surface area (Å²) in [6, 6.07) is 1.38. The number of nitrogens with zero attached hydrogens (tertiary/aromatic N) is 2. The van der Waals surface area contributed by atoms with Crippen LogP contribution in [0.25, 0.3) is 0 Å². The zero-order valence-electron chi connectivity index (χ0n) is 11.0. The van der Waals surface area contributed by atoms with E-state index in [1.807, 2.05) is 0 Å². The van der Waals surface area contributed by atoms with Crippen LogP contribution >= 0.6 is 0 Å². The minimum atomic E-state index is 0.606. The van der Waals surface area contributed by atoms with Gasteiger partial charge < -0.3 is 16.0 Å². The van der Waals surface area contributed by atoms with Gasteiger partial charge in [-0.1, -0.05) is 19.3 Å². The molecule has 4 heteroatoms. The average molecular weight is 238 g/mol. The number of guanidine groups is 1. The van der Waals surface area contributed by atoms with Crippen molar-refractivity contribution in [2.24, 2.45) is 10.7 Å². The predicted molar refractivity (Wildman–Crippen MR) is 72.2 cm³/mol. The Labute approximate surface area is 105 Å². The Morgan fingerprint density at radius 2 is 1.94 bits per heavy atom. The summed E-state index contributed by atoms with van der Waals surface area (Å²) in [5.74, 6) is 0.629. The van der Waals surface area contributed by atoms with Gasteiger partial charge in [0.2, 0.25) is 0 Å². The maximum atomic E-state index is 5.80. The molecule has 0 unspecified atom stereocenters. The van der Waals surface area contributed by atoms with Gasteiger partial charge in [0, 0.05) is 18.6 Å². The monoisotopic (exact) mass is 238 g/mol. The summed E-state index contributed by atoms with van der Waals surface area (Å²) >= 11 is 0. The minimum absolute atomic E-state index is 0.606. The SMILES string of the molecule is CN(CCN=C(N)NC1CC1)C1CCCCC1. The molecule has 98 valence electrons. The van der Waals surface area contributed by atoms with Crippen molar-refractivity contribution in [2.45, 2.75) is 57.0 Å². The van der Waals surface area contributed by atoms with Crippen molar-refractivity contribution in [3.05, 3.63) is 0 Å². The summed E-state index contributed by atoms with van der Waals surface area (Å²) in [6.45, 7) is 1.84. The molecule has 2 rings (SSSR count). The Morgan fingerprint density at radius 3 is 2.59 bits per heavy atom. The van der Waals surface area contributed by atoms with Crippen LogP contribution in [0.4, 0.5) is 0 Å². The van der Waals surface area contributed by atoms with Gasteiger partial charge in [0.15, 0.2) is 5.96 Å². The summed E-state index contributed by atoms with van der Waals surface area (Å²) in [5.41, 5.74) is 5.80. The van der Waals surface area contributed by atoms with Crippen molar-refractivity contribution in [3.63, 3.8) is 0 Å². The molecule has 0 atom stereocenters. The third kappa shape index (κ3) is 4.54. The molecular weight excluding hydrogens is 212 g/mol. The number of rotatable bonds is 5. The minimum Gasteiger partial charge on any atom is -0.370 e. The fourth-order valence-corrected chi connectivity index (χ4v) is 2.52. The molecule has 0 aromatic rings. The van der Waals surface area contributed by atoms with Crippen molar-refractivity contribution in [1.82, 2.24) is 10.2 Å². The Bertz CT molecular complexity index is 254. The lowest BCUT2D eigenvalue weighted by molar-refractivity contribution is 0.196. The van der Waals surface area contributed by atoms with E-state index >= 15 is 0 Å². The molecule has 3 N–H and O–H groups in total. The zero-order valence-corrected chi connectivity index (χ0v) is 11.0. The molecule has 0 heterocycles. The van der Waals surface area contributed by atoms with Gasteiger partial charge in [-0.3, -0.25) is 4.99 Å². The molecular formula is C13H26N4. The molecule has 2 aliphatic carbocycles. The normalized spacial score (nSPS) is 23.1. The van der Waals surface area contributed by atoms with Crippen molar-refractivity contribution in [2.75, 3.05) is 20.1 Å². The molecule has 2 fully saturated rings. The molecule has 4 nitrogen and oxygen atoms in total. The van der Waals surface area contributed by atoms with E-state index < -0.39 is 0 Å². The fraction of sp³-hybridized carbons (Fsp3) is 0.923. The van der Waals surface area contributed by atoms with Crippen molar-refractivity contribution in [1.29, 1.82) is 0 Å². The highest BCUT2D eigenvalue weighted by atomic mass is 15.2. The molecule has 17 heavy (non-hydrogen) atoms. The summed E-state index contributed by atoms with van der Waals surface area (Å²) in [4.78, 5) is 6.83. The van der Waals surface area contributed by atoms with E-state index in [-0.39, 0.29) is 0 Å². The number of aliphatic imine (C=N–C) groups is 1. The van der Waals surface area contributed by atoms with E-state index in [2.05, 4.69) is 22.3 Å². The van der Waals surface area contributed by atoms with Gasteiger partial charge in [-0.2, -0.15) is 0 Å². The van der Waals surface area contributed by atoms with Gasteiger partial charge in [0.1, 0.15) is 0 Å². The standard InChI is InChI=1S/C13H26N4/c1-17(12-5-3-2-4-6-12)10-9-15-13(14)16-11-7-8-11/h11-12H,2-10H2,1H3,(H3,14,15,16). The molecule has 0 bridgehead atoms. The first kappa shape index (κ1) is 12.7. The van der Waals surface area contributed by atoms with Gasteiger partial charge in [0.25, 0.3) is 0 Å². The second-order valence-corrected chi connectivity index (χ2v) is 5.46. The van der Waals surface area contributed by atoms with Gasteiger partial charge in [0.05, 0.1) is 6.54 Å². The topological polar surface area (TPSA) is 53.6 Å². The van der Waals surface area contributed by atoms with Crippen LogP contribution in [0, 0.1) is 0 Å². The number of hydrogen-bond acceptors (Lipinski definition) is 2. The van der Waals surface area contributed by atoms with Crippen LogP contribution in [0.15, 0.2) is 4.99 Å². The van der Waals surface area contributed by atoms with Gasteiger partial charge in [-0.15, -0.1) is 0 Å². The van der Waals surface area contributed by atoms with E-state index in [1.54, 1.807) is 0 Å². The van der Waals surface area contributed by atoms with Gasteiger partial charge in [-0.25, -0.2) is 0 Å². The van der Waals surface area contributed by atoms with Gasteiger partial charge in [-0.05, 0) is 32.7 Å². The highest BCUT2D eigenvalue weighted by Crippen LogP contribution is 2.21. The second-order valence-electron chi connectivity index (χ2n) is 5.46. The largest absolute Gasteiger partial charge is 0.370 e. The van der Waals surface area contributed by atoms with Crippen LogP contribution in [0.3, 0.4) is 0 Å². The van der Waals surface area contributed by atoms with Gasteiger partial charge >= 0.3 is 0 Å². The van der Waals surface area contributed by atoms with Crippen molar-refractivity contribution < 1.29 is 0 Å². The smallest absolute Gasteiger partial charge is 0.188 e. The third-order valence-electron chi connectivity index (χ3n) is 3.86. The summed E-state index contributed by atoms with van der Waals surface area (Å²) in [7, 11) is 2.22. The first-order valence-electron chi connectivity index (χ1n) is 7.02. The molecule has 0 aromatic carbocycles. The lowest BCUT2D eigenvalue weighted by atomic mass is 9.94. The highest BCUT2D eigenvalue weighted by Gasteiger charge is 2.21. The van der Waals surface area contributed by atoms with E-state index in [0.717, 1.165) is 19.1 Å². The molecule has 0 aliphatic heterocycles. The van der Waals surface area contributed by atoms with Crippen LogP contribution in [-0.4, -0.2) is 43.1 Å². The Morgan fingerprint density at radius 1 is 1.24 bits per heavy atom. The first-order chi connectivity index (χ1) is 8.25. The van der Waals surface area contributed by atoms with Crippen LogP contribution < -0.4 is 11.1 Å². The van der Waals surface area contributed by atoms with E-state index in [0.29, 0.717) is 12.0 Å². The molecule has 0 saturated heterocycles. The van der Waals surface area contributed by atoms with Crippen molar-refractivity contribution in [3.8, 4) is 0 Å². The van der Waals surface area contributed by atoms with E-state index in [4.69, 9.17) is 5.73 Å². The Balaban J connectivity index is 1.62. The molecule has 0 amide bonds. The maximum absolute atomic E-state index is 5.80. The fourth-order valence-electron chi connectivity index (χ4n) is 2.52. The maximum Gasteiger partial charge on any atom is 0.188 e. The zero-order chi connectivity index (χ0) is 12.1. The van der Waals surface area contributed by atoms with E-state index in [9.17, 15) is 0 Å². The van der Waals surface area contributed by atoms with Crippen LogP contribution in [0.1, 0.15) is 44.9 Å². The quantitative estimate of drug-likeness (QED) is 0.561. The number of likely N-dealkylation sites (N-methyl/N-ethyl adjacent to an activating group) is 1. The number of hydrogen-bond donors (Lipinski definition) is 2. The third-order valence-corrected chi connectivity index (χ3v) is 3.86. The van der Waals surface area contributed by atoms with Crippen molar-refractivity contribution >= 4 is 5.96 Å². The number of nitrogens with two attached hydrogens (primary N) is 1. The molecule has 0 aromatic heterocycles. The van der Waals surface area contributed by atoms with Crippen LogP contribution in [0.2, 0.25) is 0 Å². The second kappa shape index (κ2) is 6.24. The highest BCUT2D eigenvalue weighted by molar-refractivity contribution is 5.78. The summed E-state index contributed by atoms with van der Waals surface area (Å²) < 4.78 is 0. The lowest BCUT2D eigenvalue weighted by Crippen LogP contribution is -2.37.